The molecule has 0 heterocycles. The number of hydrogen-bond acceptors (Lipinski definition) is 3. The molecule has 0 aromatic heterocycles. The lowest BCUT2D eigenvalue weighted by Crippen LogP contribution is -2.52. The topological polar surface area (TPSA) is 47.3 Å². The van der Waals surface area contributed by atoms with Crippen molar-refractivity contribution in [1.82, 2.24) is 5.43 Å². The Balaban J connectivity index is 2.64. The molecule has 1 aliphatic carbocycles. The maximum absolute atomic E-state index is 5.73. The minimum absolute atomic E-state index is 0.222. The van der Waals surface area contributed by atoms with Crippen molar-refractivity contribution in [3.05, 3.63) is 0 Å². The summed E-state index contributed by atoms with van der Waals surface area (Å²) in [7, 11) is 1.79. The van der Waals surface area contributed by atoms with Crippen LogP contribution in [0.2, 0.25) is 0 Å². The first-order valence-electron chi connectivity index (χ1n) is 6.59. The molecule has 0 spiro atoms. The summed E-state index contributed by atoms with van der Waals surface area (Å²) in [6, 6.07) is 0.299. The third-order valence-corrected chi connectivity index (χ3v) is 3.96. The maximum atomic E-state index is 5.73. The van der Waals surface area contributed by atoms with Crippen LogP contribution in [0.1, 0.15) is 46.5 Å². The fourth-order valence-corrected chi connectivity index (χ4v) is 3.14. The number of nitrogens with two attached hydrogens (primary N) is 1. The van der Waals surface area contributed by atoms with Gasteiger partial charge < -0.3 is 4.74 Å². The minimum Gasteiger partial charge on any atom is -0.380 e. The average molecular weight is 228 g/mol. The van der Waals surface area contributed by atoms with E-state index in [0.717, 1.165) is 5.92 Å². The number of ether oxygens (including phenoxy) is 1. The van der Waals surface area contributed by atoms with Gasteiger partial charge in [-0.25, -0.2) is 0 Å². The molecule has 0 amide bonds. The van der Waals surface area contributed by atoms with E-state index in [1.54, 1.807) is 7.11 Å². The van der Waals surface area contributed by atoms with Crippen LogP contribution in [0.25, 0.3) is 0 Å². The van der Waals surface area contributed by atoms with Crippen molar-refractivity contribution in [3.63, 3.8) is 0 Å². The van der Waals surface area contributed by atoms with Gasteiger partial charge in [0.2, 0.25) is 0 Å². The van der Waals surface area contributed by atoms with Crippen LogP contribution in [0.4, 0.5) is 0 Å². The number of rotatable bonds is 5. The van der Waals surface area contributed by atoms with E-state index in [9.17, 15) is 0 Å². The molecule has 1 fully saturated rings. The Bertz CT molecular complexity index is 196. The van der Waals surface area contributed by atoms with Gasteiger partial charge in [-0.15, -0.1) is 0 Å². The average Bonchev–Trinajstić information content (AvgIpc) is 2.25. The molecule has 96 valence electrons. The Labute approximate surface area is 100 Å². The highest BCUT2D eigenvalue weighted by Crippen LogP contribution is 2.33. The molecule has 3 nitrogen and oxygen atoms in total. The second-order valence-electron chi connectivity index (χ2n) is 5.67. The summed E-state index contributed by atoms with van der Waals surface area (Å²) >= 11 is 0. The second kappa shape index (κ2) is 6.58. The van der Waals surface area contributed by atoms with Crippen molar-refractivity contribution in [2.45, 2.75) is 58.6 Å². The molecule has 16 heavy (non-hydrogen) atoms. The highest BCUT2D eigenvalue weighted by atomic mass is 16.5. The highest BCUT2D eigenvalue weighted by Gasteiger charge is 2.33. The smallest absolute Gasteiger partial charge is 0.0763 e. The lowest BCUT2D eigenvalue weighted by Gasteiger charge is -2.38. The standard InChI is InChI=1S/C13H28N2O/c1-9(2)13(16-4)12(15-14)11-7-5-6-10(3)8-11/h9-13,15H,5-8,14H2,1-4H3. The zero-order chi connectivity index (χ0) is 12.1. The van der Waals surface area contributed by atoms with Crippen LogP contribution in [0, 0.1) is 17.8 Å². The third kappa shape index (κ3) is 3.44. The molecule has 0 bridgehead atoms. The Kier molecular flexibility index (Phi) is 5.73. The summed E-state index contributed by atoms with van der Waals surface area (Å²) < 4.78 is 5.61. The highest BCUT2D eigenvalue weighted by molar-refractivity contribution is 4.87. The molecule has 3 heteroatoms. The van der Waals surface area contributed by atoms with Crippen LogP contribution in [0.15, 0.2) is 0 Å². The molecule has 1 saturated carbocycles. The van der Waals surface area contributed by atoms with Gasteiger partial charge in [0.25, 0.3) is 0 Å². The lowest BCUT2D eigenvalue weighted by molar-refractivity contribution is 0.00485. The molecule has 0 aromatic rings. The molecule has 3 N–H and O–H groups in total. The Morgan fingerprint density at radius 1 is 1.31 bits per heavy atom. The maximum Gasteiger partial charge on any atom is 0.0763 e. The summed E-state index contributed by atoms with van der Waals surface area (Å²) in [4.78, 5) is 0. The fourth-order valence-electron chi connectivity index (χ4n) is 3.14. The van der Waals surface area contributed by atoms with Gasteiger partial charge >= 0.3 is 0 Å². The molecular weight excluding hydrogens is 200 g/mol. The number of hydrogen-bond donors (Lipinski definition) is 2. The molecule has 4 unspecified atom stereocenters. The molecule has 0 aromatic carbocycles. The Morgan fingerprint density at radius 3 is 2.44 bits per heavy atom. The number of methoxy groups -OCH3 is 1. The summed E-state index contributed by atoms with van der Waals surface area (Å²) in [6.07, 6.45) is 5.49. The van der Waals surface area contributed by atoms with Crippen molar-refractivity contribution in [2.24, 2.45) is 23.6 Å². The monoisotopic (exact) mass is 228 g/mol. The normalized spacial score (nSPS) is 30.4. The predicted molar refractivity (Wildman–Crippen MR) is 67.9 cm³/mol. The summed E-state index contributed by atoms with van der Waals surface area (Å²) in [6.45, 7) is 6.74. The zero-order valence-corrected chi connectivity index (χ0v) is 11.2. The largest absolute Gasteiger partial charge is 0.380 e. The third-order valence-electron chi connectivity index (χ3n) is 3.96. The number of nitrogens with one attached hydrogen (secondary N) is 1. The first-order chi connectivity index (χ1) is 7.60. The van der Waals surface area contributed by atoms with E-state index < -0.39 is 0 Å². The van der Waals surface area contributed by atoms with E-state index in [1.807, 2.05) is 0 Å². The van der Waals surface area contributed by atoms with Crippen molar-refractivity contribution in [3.8, 4) is 0 Å². The zero-order valence-electron chi connectivity index (χ0n) is 11.2. The van der Waals surface area contributed by atoms with Crippen LogP contribution in [0.3, 0.4) is 0 Å². The predicted octanol–water partition coefficient (Wildman–Crippen LogP) is 2.32. The van der Waals surface area contributed by atoms with Crippen LogP contribution in [-0.4, -0.2) is 19.3 Å². The summed E-state index contributed by atoms with van der Waals surface area (Å²) in [5.74, 6) is 7.74. The van der Waals surface area contributed by atoms with Crippen LogP contribution < -0.4 is 11.3 Å². The van der Waals surface area contributed by atoms with Crippen LogP contribution in [0.5, 0.6) is 0 Å². The van der Waals surface area contributed by atoms with Crippen molar-refractivity contribution in [1.29, 1.82) is 0 Å². The first kappa shape index (κ1) is 13.9. The van der Waals surface area contributed by atoms with E-state index in [-0.39, 0.29) is 6.10 Å². The van der Waals surface area contributed by atoms with Gasteiger partial charge in [-0.3, -0.25) is 11.3 Å². The van der Waals surface area contributed by atoms with E-state index in [1.165, 1.54) is 25.7 Å². The van der Waals surface area contributed by atoms with Crippen molar-refractivity contribution in [2.75, 3.05) is 7.11 Å². The summed E-state index contributed by atoms with van der Waals surface area (Å²) in [5, 5.41) is 0. The number of hydrazine groups is 1. The molecule has 1 rings (SSSR count). The van der Waals surface area contributed by atoms with Gasteiger partial charge in [-0.1, -0.05) is 33.6 Å². The van der Waals surface area contributed by atoms with Crippen molar-refractivity contribution < 1.29 is 4.74 Å². The van der Waals surface area contributed by atoms with Gasteiger partial charge in [0.1, 0.15) is 0 Å². The molecule has 0 aliphatic heterocycles. The van der Waals surface area contributed by atoms with E-state index in [2.05, 4.69) is 26.2 Å². The Hall–Kier alpha value is -0.120. The molecule has 1 aliphatic rings. The lowest BCUT2D eigenvalue weighted by atomic mass is 9.76. The Morgan fingerprint density at radius 2 is 2.00 bits per heavy atom. The van der Waals surface area contributed by atoms with Crippen molar-refractivity contribution >= 4 is 0 Å². The van der Waals surface area contributed by atoms with Gasteiger partial charge in [0, 0.05) is 7.11 Å². The second-order valence-corrected chi connectivity index (χ2v) is 5.67. The van der Waals surface area contributed by atoms with Crippen LogP contribution >= 0.6 is 0 Å². The molecule has 0 saturated heterocycles. The van der Waals surface area contributed by atoms with Crippen LogP contribution in [-0.2, 0) is 4.74 Å². The SMILES string of the molecule is COC(C(C)C)C(NN)C1CCCC(C)C1. The van der Waals surface area contributed by atoms with E-state index in [0.29, 0.717) is 17.9 Å². The van der Waals surface area contributed by atoms with Gasteiger partial charge in [0.15, 0.2) is 0 Å². The quantitative estimate of drug-likeness (QED) is 0.561. The van der Waals surface area contributed by atoms with E-state index >= 15 is 0 Å². The van der Waals surface area contributed by atoms with Gasteiger partial charge in [-0.2, -0.15) is 0 Å². The molecule has 4 atom stereocenters. The molecular formula is C13H28N2O. The molecule has 0 radical (unpaired) electrons. The summed E-state index contributed by atoms with van der Waals surface area (Å²) in [5.41, 5.74) is 3.00. The van der Waals surface area contributed by atoms with E-state index in [4.69, 9.17) is 10.6 Å². The fraction of sp³-hybridized carbons (Fsp3) is 1.00. The first-order valence-corrected chi connectivity index (χ1v) is 6.59. The minimum atomic E-state index is 0.222. The van der Waals surface area contributed by atoms with Gasteiger partial charge in [0.05, 0.1) is 12.1 Å². The van der Waals surface area contributed by atoms with Gasteiger partial charge in [-0.05, 0) is 30.6 Å².